The van der Waals surface area contributed by atoms with E-state index in [0.717, 1.165) is 35.7 Å². The number of hydrogen-bond acceptors (Lipinski definition) is 4. The molecule has 0 radical (unpaired) electrons. The van der Waals surface area contributed by atoms with E-state index in [4.69, 9.17) is 9.72 Å². The molecule has 3 rings (SSSR count). The van der Waals surface area contributed by atoms with Crippen LogP contribution >= 0.6 is 0 Å². The van der Waals surface area contributed by atoms with E-state index >= 15 is 0 Å². The Morgan fingerprint density at radius 1 is 1.26 bits per heavy atom. The molecule has 2 aromatic rings. The fraction of sp³-hybridized carbons (Fsp3) is 0.500. The van der Waals surface area contributed by atoms with E-state index in [9.17, 15) is 4.55 Å². The van der Waals surface area contributed by atoms with Crippen LogP contribution in [0.3, 0.4) is 0 Å². The number of aromatic nitrogens is 1. The molecule has 0 aliphatic heterocycles. The summed E-state index contributed by atoms with van der Waals surface area (Å²) in [5.41, 5.74) is 2.25. The molecular weight excluding hydrogens is 308 g/mol. The second-order valence-electron chi connectivity index (χ2n) is 6.97. The fourth-order valence-corrected chi connectivity index (χ4v) is 3.93. The Kier molecular flexibility index (Phi) is 4.54. The average molecular weight is 332 g/mol. The largest absolute Gasteiger partial charge is 0.598 e. The van der Waals surface area contributed by atoms with Crippen molar-refractivity contribution in [2.45, 2.75) is 50.8 Å². The van der Waals surface area contributed by atoms with Crippen LogP contribution in [0.2, 0.25) is 0 Å². The standard InChI is InChI=1S/C18H24N2O2S/c1-18(2,3)23(21)20-15-11-7-10-14-16(15)12-8-5-6-9-13(12)17(19-14)22-4/h5-6,8-9,15,20H,7,10-11H2,1-4H3/t15?,23-/m1/s1. The number of ether oxygens (including phenoxy) is 1. The zero-order valence-corrected chi connectivity index (χ0v) is 15.0. The first-order chi connectivity index (χ1) is 10.9. The Labute approximate surface area is 141 Å². The van der Waals surface area contributed by atoms with E-state index in [1.807, 2.05) is 39.0 Å². The van der Waals surface area contributed by atoms with Crippen molar-refractivity contribution in [3.05, 3.63) is 35.5 Å². The van der Waals surface area contributed by atoms with Gasteiger partial charge in [0.1, 0.15) is 4.75 Å². The molecule has 0 spiro atoms. The molecule has 1 aliphatic carbocycles. The Morgan fingerprint density at radius 2 is 1.96 bits per heavy atom. The molecule has 0 amide bonds. The fourth-order valence-electron chi connectivity index (χ4n) is 3.08. The molecule has 1 aliphatic rings. The molecule has 1 unspecified atom stereocenters. The Bertz CT molecular complexity index is 712. The van der Waals surface area contributed by atoms with Crippen molar-refractivity contribution >= 4 is 22.1 Å². The summed E-state index contributed by atoms with van der Waals surface area (Å²) < 4.78 is 21.1. The molecule has 0 saturated heterocycles. The van der Waals surface area contributed by atoms with Gasteiger partial charge in [-0.15, -0.1) is 4.72 Å². The molecule has 1 heterocycles. The number of nitrogens with zero attached hydrogens (tertiary/aromatic N) is 1. The third-order valence-electron chi connectivity index (χ3n) is 4.25. The second-order valence-corrected chi connectivity index (χ2v) is 8.97. The Hall–Kier alpha value is -1.30. The first-order valence-corrected chi connectivity index (χ1v) is 9.20. The van der Waals surface area contributed by atoms with Crippen LogP contribution in [0.5, 0.6) is 5.88 Å². The predicted molar refractivity (Wildman–Crippen MR) is 95.0 cm³/mol. The van der Waals surface area contributed by atoms with E-state index < -0.39 is 11.4 Å². The van der Waals surface area contributed by atoms with E-state index in [-0.39, 0.29) is 10.8 Å². The van der Waals surface area contributed by atoms with Crippen molar-refractivity contribution < 1.29 is 9.29 Å². The van der Waals surface area contributed by atoms with Crippen LogP contribution in [-0.2, 0) is 17.8 Å². The maximum atomic E-state index is 12.6. The number of methoxy groups -OCH3 is 1. The number of benzene rings is 1. The maximum absolute atomic E-state index is 12.6. The first-order valence-electron chi connectivity index (χ1n) is 8.05. The number of aryl methyl sites for hydroxylation is 1. The second kappa shape index (κ2) is 6.30. The molecule has 1 N–H and O–H groups in total. The maximum Gasteiger partial charge on any atom is 0.221 e. The number of fused-ring (bicyclic) bond motifs is 3. The summed E-state index contributed by atoms with van der Waals surface area (Å²) in [7, 11) is 1.66. The molecule has 1 aromatic carbocycles. The molecule has 23 heavy (non-hydrogen) atoms. The van der Waals surface area contributed by atoms with Gasteiger partial charge in [0, 0.05) is 22.3 Å². The number of pyridine rings is 1. The highest BCUT2D eigenvalue weighted by Gasteiger charge is 2.33. The molecule has 124 valence electrons. The molecular formula is C18H24N2O2S. The smallest absolute Gasteiger partial charge is 0.221 e. The molecule has 1 aromatic heterocycles. The zero-order valence-electron chi connectivity index (χ0n) is 14.2. The van der Waals surface area contributed by atoms with Gasteiger partial charge in [0.25, 0.3) is 0 Å². The van der Waals surface area contributed by atoms with Crippen LogP contribution in [0.15, 0.2) is 24.3 Å². The Balaban J connectivity index is 2.09. The molecule has 0 fully saturated rings. The minimum Gasteiger partial charge on any atom is -0.598 e. The Morgan fingerprint density at radius 3 is 2.61 bits per heavy atom. The van der Waals surface area contributed by atoms with E-state index in [0.29, 0.717) is 5.88 Å². The van der Waals surface area contributed by atoms with Gasteiger partial charge >= 0.3 is 0 Å². The number of rotatable bonds is 3. The first kappa shape index (κ1) is 16.6. The lowest BCUT2D eigenvalue weighted by Crippen LogP contribution is -2.42. The van der Waals surface area contributed by atoms with Crippen LogP contribution in [0.25, 0.3) is 10.8 Å². The summed E-state index contributed by atoms with van der Waals surface area (Å²) >= 11 is -1.10. The van der Waals surface area contributed by atoms with E-state index in [1.54, 1.807) is 7.11 Å². The van der Waals surface area contributed by atoms with Gasteiger partial charge in [0.05, 0.1) is 18.8 Å². The summed E-state index contributed by atoms with van der Waals surface area (Å²) in [6, 6.07) is 8.25. The lowest BCUT2D eigenvalue weighted by atomic mass is 9.88. The van der Waals surface area contributed by atoms with Crippen molar-refractivity contribution in [3.8, 4) is 5.88 Å². The van der Waals surface area contributed by atoms with Gasteiger partial charge in [-0.3, -0.25) is 0 Å². The molecule has 0 bridgehead atoms. The lowest BCUT2D eigenvalue weighted by molar-refractivity contribution is 0.398. The van der Waals surface area contributed by atoms with Crippen molar-refractivity contribution in [2.24, 2.45) is 0 Å². The zero-order chi connectivity index (χ0) is 16.6. The monoisotopic (exact) mass is 332 g/mol. The van der Waals surface area contributed by atoms with Gasteiger partial charge in [-0.25, -0.2) is 4.98 Å². The van der Waals surface area contributed by atoms with Crippen LogP contribution in [0, 0.1) is 0 Å². The van der Waals surface area contributed by atoms with Crippen LogP contribution < -0.4 is 9.46 Å². The lowest BCUT2D eigenvalue weighted by Gasteiger charge is -2.31. The normalized spacial score (nSPS) is 19.4. The van der Waals surface area contributed by atoms with Crippen molar-refractivity contribution in [2.75, 3.05) is 7.11 Å². The summed E-state index contributed by atoms with van der Waals surface area (Å²) in [6.07, 6.45) is 2.96. The minimum atomic E-state index is -1.10. The molecule has 5 heteroatoms. The topological polar surface area (TPSA) is 57.2 Å². The van der Waals surface area contributed by atoms with E-state index in [1.165, 1.54) is 5.56 Å². The highest BCUT2D eigenvalue weighted by molar-refractivity contribution is 7.90. The van der Waals surface area contributed by atoms with Gasteiger partial charge < -0.3 is 9.29 Å². The van der Waals surface area contributed by atoms with Gasteiger partial charge in [-0.2, -0.15) is 0 Å². The quantitative estimate of drug-likeness (QED) is 0.871. The van der Waals surface area contributed by atoms with Crippen LogP contribution in [0.4, 0.5) is 0 Å². The molecule has 2 atom stereocenters. The third kappa shape index (κ3) is 3.18. The van der Waals surface area contributed by atoms with Crippen molar-refractivity contribution in [3.63, 3.8) is 0 Å². The molecule has 4 nitrogen and oxygen atoms in total. The van der Waals surface area contributed by atoms with Gasteiger partial charge in [0.15, 0.2) is 0 Å². The van der Waals surface area contributed by atoms with Gasteiger partial charge in [0.2, 0.25) is 5.88 Å². The highest BCUT2D eigenvalue weighted by Crippen LogP contribution is 2.38. The third-order valence-corrected chi connectivity index (χ3v) is 5.86. The van der Waals surface area contributed by atoms with Crippen molar-refractivity contribution in [1.82, 2.24) is 9.71 Å². The summed E-state index contributed by atoms with van der Waals surface area (Å²) in [5.74, 6) is 0.678. The van der Waals surface area contributed by atoms with E-state index in [2.05, 4.69) is 10.8 Å². The van der Waals surface area contributed by atoms with Crippen molar-refractivity contribution in [1.29, 1.82) is 0 Å². The van der Waals surface area contributed by atoms with Gasteiger partial charge in [-0.05, 0) is 51.5 Å². The SMILES string of the molecule is COc1nc2c(c3ccccc13)C(N[S@+]([O-])C(C)(C)C)CCC2. The average Bonchev–Trinajstić information content (AvgIpc) is 2.53. The predicted octanol–water partition coefficient (Wildman–Crippen LogP) is 3.67. The van der Waals surface area contributed by atoms with Crippen LogP contribution in [-0.4, -0.2) is 21.4 Å². The number of nitrogens with one attached hydrogen (secondary N) is 1. The molecule has 0 saturated carbocycles. The summed E-state index contributed by atoms with van der Waals surface area (Å²) in [5, 5.41) is 2.17. The summed E-state index contributed by atoms with van der Waals surface area (Å²) in [4.78, 5) is 4.72. The minimum absolute atomic E-state index is 0.0714. The number of hydrogen-bond donors (Lipinski definition) is 1. The highest BCUT2D eigenvalue weighted by atomic mass is 32.2. The van der Waals surface area contributed by atoms with Gasteiger partial charge in [-0.1, -0.05) is 18.2 Å². The van der Waals surface area contributed by atoms with Crippen LogP contribution in [0.1, 0.15) is 50.9 Å². The summed E-state index contributed by atoms with van der Waals surface area (Å²) in [6.45, 7) is 5.97.